The number of nitrogens with one attached hydrogen (secondary N) is 1. The van der Waals surface area contributed by atoms with E-state index in [1.165, 1.54) is 25.7 Å². The first-order valence-corrected chi connectivity index (χ1v) is 6.56. The highest BCUT2D eigenvalue weighted by Crippen LogP contribution is 2.20. The van der Waals surface area contributed by atoms with Crippen LogP contribution in [0, 0.1) is 5.92 Å². The molecule has 0 spiro atoms. The lowest BCUT2D eigenvalue weighted by Crippen LogP contribution is -2.37. The Morgan fingerprint density at radius 3 is 2.38 bits per heavy atom. The third kappa shape index (κ3) is 5.28. The van der Waals surface area contributed by atoms with Crippen molar-refractivity contribution in [3.63, 3.8) is 0 Å². The highest BCUT2D eigenvalue weighted by atomic mass is 16.5. The van der Waals surface area contributed by atoms with Crippen LogP contribution in [0.2, 0.25) is 0 Å². The Morgan fingerprint density at radius 2 is 1.88 bits per heavy atom. The van der Waals surface area contributed by atoms with Gasteiger partial charge in [-0.2, -0.15) is 0 Å². The number of rotatable bonds is 6. The number of ether oxygens (including phenoxy) is 1. The maximum atomic E-state index is 9.28. The topological polar surface area (TPSA) is 41.5 Å². The van der Waals surface area contributed by atoms with Gasteiger partial charge >= 0.3 is 0 Å². The minimum atomic E-state index is -0.180. The Hall–Kier alpha value is -0.120. The summed E-state index contributed by atoms with van der Waals surface area (Å²) in [7, 11) is 1.81. The molecule has 0 aromatic carbocycles. The van der Waals surface area contributed by atoms with Crippen molar-refractivity contribution >= 4 is 0 Å². The number of aliphatic hydroxyl groups excluding tert-OH is 1. The minimum Gasteiger partial charge on any atom is -0.393 e. The van der Waals surface area contributed by atoms with Gasteiger partial charge in [0.2, 0.25) is 0 Å². The van der Waals surface area contributed by atoms with Crippen molar-refractivity contribution in [3.05, 3.63) is 0 Å². The molecule has 96 valence electrons. The Morgan fingerprint density at radius 1 is 1.25 bits per heavy atom. The fraction of sp³-hybridized carbons (Fsp3) is 1.00. The molecule has 0 aromatic rings. The van der Waals surface area contributed by atoms with E-state index in [1.54, 1.807) is 0 Å². The molecule has 2 atom stereocenters. The van der Waals surface area contributed by atoms with E-state index in [9.17, 15) is 5.11 Å². The maximum Gasteiger partial charge on any atom is 0.0572 e. The Labute approximate surface area is 99.6 Å². The van der Waals surface area contributed by atoms with Crippen molar-refractivity contribution in [2.45, 2.75) is 64.2 Å². The summed E-state index contributed by atoms with van der Waals surface area (Å²) in [4.78, 5) is 0. The van der Waals surface area contributed by atoms with Crippen molar-refractivity contribution in [2.75, 3.05) is 13.7 Å². The first kappa shape index (κ1) is 13.9. The van der Waals surface area contributed by atoms with Crippen LogP contribution in [-0.4, -0.2) is 37.0 Å². The van der Waals surface area contributed by atoms with Gasteiger partial charge in [-0.3, -0.25) is 0 Å². The van der Waals surface area contributed by atoms with Gasteiger partial charge in [0, 0.05) is 13.2 Å². The predicted octanol–water partition coefficient (Wildman–Crippen LogP) is 1.94. The molecule has 3 nitrogen and oxygen atoms in total. The average molecular weight is 229 g/mol. The number of hydrogen-bond acceptors (Lipinski definition) is 3. The smallest absolute Gasteiger partial charge is 0.0572 e. The van der Waals surface area contributed by atoms with E-state index >= 15 is 0 Å². The summed E-state index contributed by atoms with van der Waals surface area (Å²) in [5, 5.41) is 12.9. The zero-order valence-electron chi connectivity index (χ0n) is 10.9. The summed E-state index contributed by atoms with van der Waals surface area (Å²) in [6, 6.07) is 0.655. The maximum absolute atomic E-state index is 9.28. The third-order valence-corrected chi connectivity index (χ3v) is 3.51. The molecule has 0 bridgehead atoms. The number of hydrogen-bond donors (Lipinski definition) is 2. The van der Waals surface area contributed by atoms with Crippen molar-refractivity contribution in [2.24, 2.45) is 5.92 Å². The zero-order valence-corrected chi connectivity index (χ0v) is 10.9. The molecule has 2 N–H and O–H groups in total. The van der Waals surface area contributed by atoms with Crippen LogP contribution in [0.25, 0.3) is 0 Å². The van der Waals surface area contributed by atoms with Crippen LogP contribution in [0.1, 0.15) is 46.0 Å². The SMILES string of the molecule is COC1CCC(NCC(C)CC(C)O)CC1. The van der Waals surface area contributed by atoms with E-state index in [1.807, 2.05) is 14.0 Å². The van der Waals surface area contributed by atoms with Crippen LogP contribution >= 0.6 is 0 Å². The van der Waals surface area contributed by atoms with Crippen LogP contribution in [0.3, 0.4) is 0 Å². The summed E-state index contributed by atoms with van der Waals surface area (Å²) >= 11 is 0. The molecule has 0 aliphatic heterocycles. The van der Waals surface area contributed by atoms with Gasteiger partial charge in [0.1, 0.15) is 0 Å². The van der Waals surface area contributed by atoms with Gasteiger partial charge in [-0.15, -0.1) is 0 Å². The van der Waals surface area contributed by atoms with E-state index in [-0.39, 0.29) is 6.10 Å². The summed E-state index contributed by atoms with van der Waals surface area (Å²) in [6.07, 6.45) is 5.99. The molecule has 0 aromatic heterocycles. The molecular weight excluding hydrogens is 202 g/mol. The molecule has 1 saturated carbocycles. The lowest BCUT2D eigenvalue weighted by Gasteiger charge is -2.29. The molecule has 1 aliphatic rings. The summed E-state index contributed by atoms with van der Waals surface area (Å²) < 4.78 is 5.36. The van der Waals surface area contributed by atoms with E-state index in [4.69, 9.17) is 4.74 Å². The second-order valence-electron chi connectivity index (χ2n) is 5.31. The van der Waals surface area contributed by atoms with Crippen molar-refractivity contribution in [1.82, 2.24) is 5.32 Å². The average Bonchev–Trinajstić information content (AvgIpc) is 2.26. The van der Waals surface area contributed by atoms with Crippen LogP contribution < -0.4 is 5.32 Å². The van der Waals surface area contributed by atoms with Gasteiger partial charge in [-0.25, -0.2) is 0 Å². The second-order valence-corrected chi connectivity index (χ2v) is 5.31. The quantitative estimate of drug-likeness (QED) is 0.731. The Kier molecular flexibility index (Phi) is 6.32. The standard InChI is InChI=1S/C13H27NO2/c1-10(8-11(2)15)9-14-12-4-6-13(16-3)7-5-12/h10-15H,4-9H2,1-3H3. The molecule has 1 fully saturated rings. The summed E-state index contributed by atoms with van der Waals surface area (Å²) in [5.41, 5.74) is 0. The van der Waals surface area contributed by atoms with Gasteiger partial charge < -0.3 is 15.2 Å². The molecule has 2 unspecified atom stereocenters. The van der Waals surface area contributed by atoms with Crippen LogP contribution in [0.5, 0.6) is 0 Å². The second kappa shape index (κ2) is 7.25. The van der Waals surface area contributed by atoms with Gasteiger partial charge in [0.15, 0.2) is 0 Å². The Bertz CT molecular complexity index is 177. The first-order chi connectivity index (χ1) is 7.61. The first-order valence-electron chi connectivity index (χ1n) is 6.56. The van der Waals surface area contributed by atoms with Gasteiger partial charge in [0.25, 0.3) is 0 Å². The molecule has 0 heterocycles. The van der Waals surface area contributed by atoms with Crippen molar-refractivity contribution in [3.8, 4) is 0 Å². The normalized spacial score (nSPS) is 30.0. The predicted molar refractivity (Wildman–Crippen MR) is 66.5 cm³/mol. The highest BCUT2D eigenvalue weighted by Gasteiger charge is 2.20. The van der Waals surface area contributed by atoms with Crippen LogP contribution in [0.4, 0.5) is 0 Å². The molecule has 0 saturated heterocycles. The van der Waals surface area contributed by atoms with E-state index in [0.29, 0.717) is 18.1 Å². The fourth-order valence-corrected chi connectivity index (χ4v) is 2.54. The van der Waals surface area contributed by atoms with Gasteiger partial charge in [-0.1, -0.05) is 6.92 Å². The molecule has 0 amide bonds. The molecule has 3 heteroatoms. The lowest BCUT2D eigenvalue weighted by molar-refractivity contribution is 0.0618. The van der Waals surface area contributed by atoms with Crippen LogP contribution in [-0.2, 0) is 4.74 Å². The third-order valence-electron chi connectivity index (χ3n) is 3.51. The van der Waals surface area contributed by atoms with E-state index < -0.39 is 0 Å². The zero-order chi connectivity index (χ0) is 12.0. The number of methoxy groups -OCH3 is 1. The van der Waals surface area contributed by atoms with Gasteiger partial charge in [0.05, 0.1) is 12.2 Å². The van der Waals surface area contributed by atoms with Gasteiger partial charge in [-0.05, 0) is 51.5 Å². The fourth-order valence-electron chi connectivity index (χ4n) is 2.54. The largest absolute Gasteiger partial charge is 0.393 e. The molecular formula is C13H27NO2. The van der Waals surface area contributed by atoms with Crippen LogP contribution in [0.15, 0.2) is 0 Å². The molecule has 1 aliphatic carbocycles. The van der Waals surface area contributed by atoms with Crippen molar-refractivity contribution in [1.29, 1.82) is 0 Å². The Balaban J connectivity index is 2.10. The molecule has 1 rings (SSSR count). The molecule has 0 radical (unpaired) electrons. The minimum absolute atomic E-state index is 0.180. The van der Waals surface area contributed by atoms with Crippen molar-refractivity contribution < 1.29 is 9.84 Å². The monoisotopic (exact) mass is 229 g/mol. The summed E-state index contributed by atoms with van der Waals surface area (Å²) in [6.45, 7) is 5.08. The van der Waals surface area contributed by atoms with E-state index in [2.05, 4.69) is 12.2 Å². The van der Waals surface area contributed by atoms with E-state index in [0.717, 1.165) is 13.0 Å². The summed E-state index contributed by atoms with van der Waals surface area (Å²) in [5.74, 6) is 0.556. The molecule has 16 heavy (non-hydrogen) atoms. The lowest BCUT2D eigenvalue weighted by atomic mass is 9.92. The number of aliphatic hydroxyl groups is 1. The highest BCUT2D eigenvalue weighted by molar-refractivity contribution is 4.78.